The summed E-state index contributed by atoms with van der Waals surface area (Å²) >= 11 is 1.69. The largest absolute Gasteiger partial charge is 0.494 e. The molecule has 35 heavy (non-hydrogen) atoms. The van der Waals surface area contributed by atoms with Crippen LogP contribution in [0.4, 0.5) is 5.13 Å². The van der Waals surface area contributed by atoms with Gasteiger partial charge in [-0.25, -0.2) is 13.4 Å². The van der Waals surface area contributed by atoms with Crippen molar-refractivity contribution >= 4 is 54.8 Å². The molecule has 1 amide bonds. The average molecular weight is 539 g/mol. The summed E-state index contributed by atoms with van der Waals surface area (Å²) in [7, 11) is -3.26. The molecular weight excluding hydrogens is 508 g/mol. The number of carbonyl (C=O) groups excluding carboxylic acids is 1. The first-order chi connectivity index (χ1) is 16.4. The van der Waals surface area contributed by atoms with E-state index in [1.165, 1.54) is 12.1 Å². The van der Waals surface area contributed by atoms with E-state index < -0.39 is 9.84 Å². The summed E-state index contributed by atoms with van der Waals surface area (Å²) in [6, 6.07) is 12.1. The summed E-state index contributed by atoms with van der Waals surface area (Å²) < 4.78 is 30.5. The molecule has 11 heteroatoms. The van der Waals surface area contributed by atoms with E-state index in [2.05, 4.69) is 21.2 Å². The number of nitrogens with one attached hydrogen (secondary N) is 1. The zero-order chi connectivity index (χ0) is 24.1. The molecular formula is C24H31ClN4O4S2. The van der Waals surface area contributed by atoms with E-state index in [0.717, 1.165) is 53.8 Å². The van der Waals surface area contributed by atoms with Gasteiger partial charge in [-0.15, -0.1) is 12.4 Å². The Morgan fingerprint density at radius 3 is 2.46 bits per heavy atom. The van der Waals surface area contributed by atoms with Crippen molar-refractivity contribution in [3.05, 3.63) is 48.0 Å². The number of ether oxygens (including phenoxy) is 1. The van der Waals surface area contributed by atoms with Crippen LogP contribution in [-0.2, 0) is 9.84 Å². The second kappa shape index (κ2) is 12.0. The van der Waals surface area contributed by atoms with Crippen molar-refractivity contribution in [3.63, 3.8) is 0 Å². The first kappa shape index (κ1) is 27.2. The Kier molecular flexibility index (Phi) is 9.34. The van der Waals surface area contributed by atoms with Gasteiger partial charge in [0.1, 0.15) is 5.75 Å². The van der Waals surface area contributed by atoms with Crippen LogP contribution >= 0.6 is 23.7 Å². The van der Waals surface area contributed by atoms with Crippen LogP contribution in [0.3, 0.4) is 0 Å². The van der Waals surface area contributed by atoms with Crippen LogP contribution in [0.5, 0.6) is 5.75 Å². The summed E-state index contributed by atoms with van der Waals surface area (Å²) in [5.41, 5.74) is 1.46. The molecule has 1 aliphatic rings. The second-order valence-corrected chi connectivity index (χ2v) is 11.4. The number of sulfone groups is 1. The number of rotatable bonds is 9. The smallest absolute Gasteiger partial charge is 0.251 e. The van der Waals surface area contributed by atoms with Crippen molar-refractivity contribution in [3.8, 4) is 5.75 Å². The molecule has 190 valence electrons. The summed E-state index contributed by atoms with van der Waals surface area (Å²) in [6.45, 7) is 9.11. The lowest BCUT2D eigenvalue weighted by Gasteiger charge is -2.34. The fourth-order valence-corrected chi connectivity index (χ4v) is 5.79. The highest BCUT2D eigenvalue weighted by Gasteiger charge is 2.20. The molecule has 1 fully saturated rings. The van der Waals surface area contributed by atoms with Crippen molar-refractivity contribution < 1.29 is 17.9 Å². The van der Waals surface area contributed by atoms with Crippen molar-refractivity contribution in [1.29, 1.82) is 0 Å². The molecule has 0 bridgehead atoms. The molecule has 0 spiro atoms. The van der Waals surface area contributed by atoms with Crippen LogP contribution in [-0.4, -0.2) is 75.8 Å². The van der Waals surface area contributed by atoms with Gasteiger partial charge in [-0.1, -0.05) is 18.3 Å². The average Bonchev–Trinajstić information content (AvgIpc) is 3.28. The maximum absolute atomic E-state index is 12.4. The Morgan fingerprint density at radius 2 is 1.80 bits per heavy atom. The first-order valence-electron chi connectivity index (χ1n) is 11.5. The van der Waals surface area contributed by atoms with Crippen LogP contribution in [0.2, 0.25) is 0 Å². The van der Waals surface area contributed by atoms with Gasteiger partial charge in [-0.3, -0.25) is 9.69 Å². The predicted octanol–water partition coefficient (Wildman–Crippen LogP) is 3.46. The highest BCUT2D eigenvalue weighted by molar-refractivity contribution is 7.91. The number of aromatic nitrogens is 1. The monoisotopic (exact) mass is 538 g/mol. The Balaban J connectivity index is 0.00000342. The lowest BCUT2D eigenvalue weighted by atomic mass is 10.2. The predicted molar refractivity (Wildman–Crippen MR) is 143 cm³/mol. The summed E-state index contributed by atoms with van der Waals surface area (Å²) in [5.74, 6) is 0.721. The molecule has 0 atom stereocenters. The zero-order valence-corrected chi connectivity index (χ0v) is 22.3. The fraction of sp³-hybridized carbons (Fsp3) is 0.417. The van der Waals surface area contributed by atoms with E-state index in [9.17, 15) is 13.2 Å². The van der Waals surface area contributed by atoms with E-state index >= 15 is 0 Å². The van der Waals surface area contributed by atoms with E-state index in [0.29, 0.717) is 18.7 Å². The van der Waals surface area contributed by atoms with E-state index in [1.54, 1.807) is 30.4 Å². The maximum Gasteiger partial charge on any atom is 0.251 e. The van der Waals surface area contributed by atoms with Gasteiger partial charge in [0, 0.05) is 44.8 Å². The SMILES string of the molecule is CCOc1ccc2nc(N3CCN(CCNC(=O)c4ccc(S(=O)(=O)CC)cc4)CC3)sc2c1.Cl. The number of piperazine rings is 1. The van der Waals surface area contributed by atoms with Gasteiger partial charge < -0.3 is 15.0 Å². The summed E-state index contributed by atoms with van der Waals surface area (Å²) in [6.07, 6.45) is 0. The number of nitrogens with zero attached hydrogens (tertiary/aromatic N) is 3. The van der Waals surface area contributed by atoms with Gasteiger partial charge in [0.2, 0.25) is 0 Å². The molecule has 1 aliphatic heterocycles. The van der Waals surface area contributed by atoms with Crippen LogP contribution in [0.1, 0.15) is 24.2 Å². The van der Waals surface area contributed by atoms with E-state index in [-0.39, 0.29) is 29.0 Å². The van der Waals surface area contributed by atoms with Crippen molar-refractivity contribution in [2.45, 2.75) is 18.7 Å². The van der Waals surface area contributed by atoms with Crippen LogP contribution in [0.25, 0.3) is 10.2 Å². The quantitative estimate of drug-likeness (QED) is 0.446. The number of hydrogen-bond donors (Lipinski definition) is 1. The van der Waals surface area contributed by atoms with Crippen LogP contribution < -0.4 is 15.0 Å². The number of carbonyl (C=O) groups is 1. The lowest BCUT2D eigenvalue weighted by molar-refractivity contribution is 0.0947. The van der Waals surface area contributed by atoms with Gasteiger partial charge in [0.25, 0.3) is 5.91 Å². The first-order valence-corrected chi connectivity index (χ1v) is 14.0. The highest BCUT2D eigenvalue weighted by Crippen LogP contribution is 2.32. The molecule has 8 nitrogen and oxygen atoms in total. The Morgan fingerprint density at radius 1 is 1.09 bits per heavy atom. The Bertz CT molecular complexity index is 1240. The molecule has 4 rings (SSSR count). The maximum atomic E-state index is 12.4. The number of amides is 1. The van der Waals surface area contributed by atoms with Gasteiger partial charge in [-0.05, 0) is 49.4 Å². The normalized spacial score (nSPS) is 14.5. The molecule has 2 aromatic carbocycles. The Labute approximate surface area is 216 Å². The van der Waals surface area contributed by atoms with E-state index in [4.69, 9.17) is 9.72 Å². The molecule has 0 radical (unpaired) electrons. The lowest BCUT2D eigenvalue weighted by Crippen LogP contribution is -2.48. The van der Waals surface area contributed by atoms with Gasteiger partial charge in [0.15, 0.2) is 15.0 Å². The third kappa shape index (κ3) is 6.63. The molecule has 0 saturated carbocycles. The van der Waals surface area contributed by atoms with Gasteiger partial charge in [-0.2, -0.15) is 0 Å². The Hall–Kier alpha value is -2.40. The minimum atomic E-state index is -3.26. The number of hydrogen-bond acceptors (Lipinski definition) is 8. The van der Waals surface area contributed by atoms with Gasteiger partial charge in [0.05, 0.1) is 27.5 Å². The molecule has 2 heterocycles. The molecule has 0 aliphatic carbocycles. The van der Waals surface area contributed by atoms with Crippen molar-refractivity contribution in [2.75, 3.05) is 56.5 Å². The third-order valence-electron chi connectivity index (χ3n) is 5.87. The minimum Gasteiger partial charge on any atom is -0.494 e. The minimum absolute atomic E-state index is 0. The summed E-state index contributed by atoms with van der Waals surface area (Å²) in [4.78, 5) is 22.1. The standard InChI is InChI=1S/C24H30N4O4S2.ClH/c1-3-32-19-7-10-21-22(17-19)33-24(26-21)28-15-13-27(14-16-28)12-11-25-23(29)18-5-8-20(9-6-18)34(30,31)4-2;/h5-10,17H,3-4,11-16H2,1-2H3,(H,25,29);1H. The van der Waals surface area contributed by atoms with E-state index in [1.807, 2.05) is 19.1 Å². The summed E-state index contributed by atoms with van der Waals surface area (Å²) in [5, 5.41) is 3.96. The second-order valence-electron chi connectivity index (χ2n) is 8.07. The number of thiazole rings is 1. The number of fused-ring (bicyclic) bond motifs is 1. The zero-order valence-electron chi connectivity index (χ0n) is 19.9. The highest BCUT2D eigenvalue weighted by atomic mass is 35.5. The fourth-order valence-electron chi connectivity index (χ4n) is 3.86. The molecule has 1 N–H and O–H groups in total. The van der Waals surface area contributed by atoms with Gasteiger partial charge >= 0.3 is 0 Å². The van der Waals surface area contributed by atoms with Crippen molar-refractivity contribution in [2.24, 2.45) is 0 Å². The van der Waals surface area contributed by atoms with Crippen LogP contribution in [0, 0.1) is 0 Å². The topological polar surface area (TPSA) is 91.8 Å². The van der Waals surface area contributed by atoms with Crippen molar-refractivity contribution in [1.82, 2.24) is 15.2 Å². The number of anilines is 1. The molecule has 1 aromatic heterocycles. The third-order valence-corrected chi connectivity index (χ3v) is 8.70. The number of halogens is 1. The molecule has 0 unspecified atom stereocenters. The van der Waals surface area contributed by atoms with Crippen LogP contribution in [0.15, 0.2) is 47.4 Å². The number of benzene rings is 2. The molecule has 3 aromatic rings. The molecule has 1 saturated heterocycles.